The number of rotatable bonds is 3. The summed E-state index contributed by atoms with van der Waals surface area (Å²) in [5, 5.41) is 10.7. The normalized spacial score (nSPS) is 10.2. The lowest BCUT2D eigenvalue weighted by Crippen LogP contribution is -1.95. The fourth-order valence-electron chi connectivity index (χ4n) is 1.63. The smallest absolute Gasteiger partial charge is 0.270 e. The van der Waals surface area contributed by atoms with Crippen molar-refractivity contribution in [1.29, 1.82) is 0 Å². The third-order valence-corrected chi connectivity index (χ3v) is 2.58. The predicted molar refractivity (Wildman–Crippen MR) is 66.4 cm³/mol. The molecule has 0 aliphatic carbocycles. The van der Waals surface area contributed by atoms with Crippen molar-refractivity contribution in [2.75, 3.05) is 0 Å². The lowest BCUT2D eigenvalue weighted by atomic mass is 10.0. The van der Waals surface area contributed by atoms with Crippen molar-refractivity contribution in [3.05, 3.63) is 64.2 Å². The largest absolute Gasteiger partial charge is 0.326 e. The second-order valence-corrected chi connectivity index (χ2v) is 3.71. The molecule has 4 heteroatoms. The molecule has 0 atom stereocenters. The molecule has 17 heavy (non-hydrogen) atoms. The van der Waals surface area contributed by atoms with Crippen LogP contribution in [0.25, 0.3) is 11.1 Å². The number of nitrogens with two attached hydrogens (primary N) is 1. The van der Waals surface area contributed by atoms with Crippen LogP contribution < -0.4 is 5.73 Å². The average molecular weight is 228 g/mol. The lowest BCUT2D eigenvalue weighted by molar-refractivity contribution is -0.384. The highest BCUT2D eigenvalue weighted by molar-refractivity contribution is 5.66. The van der Waals surface area contributed by atoms with Crippen LogP contribution in [0.4, 0.5) is 5.69 Å². The molecule has 0 aliphatic heterocycles. The van der Waals surface area contributed by atoms with Crippen molar-refractivity contribution in [2.24, 2.45) is 5.73 Å². The van der Waals surface area contributed by atoms with Crippen molar-refractivity contribution in [2.45, 2.75) is 6.54 Å². The molecule has 2 rings (SSSR count). The first-order valence-corrected chi connectivity index (χ1v) is 5.24. The highest BCUT2D eigenvalue weighted by Gasteiger charge is 2.06. The first-order chi connectivity index (χ1) is 8.20. The number of nitrogens with zero attached hydrogens (tertiary/aromatic N) is 1. The molecule has 0 saturated heterocycles. The topological polar surface area (TPSA) is 69.2 Å². The zero-order valence-electron chi connectivity index (χ0n) is 9.17. The number of nitro benzene ring substituents is 1. The van der Waals surface area contributed by atoms with Crippen LogP contribution in [0.2, 0.25) is 0 Å². The summed E-state index contributed by atoms with van der Waals surface area (Å²) in [7, 11) is 0. The van der Waals surface area contributed by atoms with Crippen molar-refractivity contribution >= 4 is 5.69 Å². The van der Waals surface area contributed by atoms with Crippen LogP contribution in [-0.4, -0.2) is 4.92 Å². The number of nitro groups is 1. The van der Waals surface area contributed by atoms with Gasteiger partial charge < -0.3 is 5.73 Å². The summed E-state index contributed by atoms with van der Waals surface area (Å²) < 4.78 is 0. The van der Waals surface area contributed by atoms with Gasteiger partial charge in [-0.15, -0.1) is 0 Å². The quantitative estimate of drug-likeness (QED) is 0.648. The van der Waals surface area contributed by atoms with E-state index in [1.165, 1.54) is 6.07 Å². The van der Waals surface area contributed by atoms with Crippen molar-refractivity contribution in [3.8, 4) is 11.1 Å². The standard InChI is InChI=1S/C13H12N2O2/c14-9-10-4-6-11(7-5-10)12-2-1-3-13(8-12)15(16)17/h1-8H,9,14H2. The molecular weight excluding hydrogens is 216 g/mol. The Hall–Kier alpha value is -2.20. The molecule has 86 valence electrons. The van der Waals surface area contributed by atoms with Gasteiger partial charge in [0.05, 0.1) is 4.92 Å². The SMILES string of the molecule is NCc1ccc(-c2cccc([N+](=O)[O-])c2)cc1. The predicted octanol–water partition coefficient (Wildman–Crippen LogP) is 2.72. The lowest BCUT2D eigenvalue weighted by Gasteiger charge is -2.03. The van der Waals surface area contributed by atoms with Gasteiger partial charge >= 0.3 is 0 Å². The van der Waals surface area contributed by atoms with Gasteiger partial charge in [-0.3, -0.25) is 10.1 Å². The maximum Gasteiger partial charge on any atom is 0.270 e. The molecule has 0 saturated carbocycles. The minimum absolute atomic E-state index is 0.102. The van der Waals surface area contributed by atoms with Gasteiger partial charge in [-0.05, 0) is 16.7 Å². The van der Waals surface area contributed by atoms with Crippen molar-refractivity contribution in [3.63, 3.8) is 0 Å². The van der Waals surface area contributed by atoms with Crippen LogP contribution in [-0.2, 0) is 6.54 Å². The first-order valence-electron chi connectivity index (χ1n) is 5.24. The Morgan fingerprint density at radius 1 is 1.06 bits per heavy atom. The van der Waals surface area contributed by atoms with E-state index < -0.39 is 4.92 Å². The molecular formula is C13H12N2O2. The second-order valence-electron chi connectivity index (χ2n) is 3.71. The molecule has 0 unspecified atom stereocenters. The Morgan fingerprint density at radius 3 is 2.35 bits per heavy atom. The summed E-state index contributed by atoms with van der Waals surface area (Å²) in [5.74, 6) is 0. The number of benzene rings is 2. The molecule has 0 aliphatic rings. The van der Waals surface area contributed by atoms with Gasteiger partial charge in [0, 0.05) is 18.7 Å². The molecule has 0 amide bonds. The summed E-state index contributed by atoms with van der Waals surface area (Å²) >= 11 is 0. The van der Waals surface area contributed by atoms with Crippen LogP contribution in [0.5, 0.6) is 0 Å². The van der Waals surface area contributed by atoms with E-state index in [-0.39, 0.29) is 5.69 Å². The average Bonchev–Trinajstić information content (AvgIpc) is 2.39. The van der Waals surface area contributed by atoms with Crippen molar-refractivity contribution < 1.29 is 4.92 Å². The Morgan fingerprint density at radius 2 is 1.76 bits per heavy atom. The van der Waals surface area contributed by atoms with Gasteiger partial charge in [0.15, 0.2) is 0 Å². The molecule has 0 radical (unpaired) electrons. The number of hydrogen-bond donors (Lipinski definition) is 1. The van der Waals surface area contributed by atoms with Gasteiger partial charge in [-0.25, -0.2) is 0 Å². The van der Waals surface area contributed by atoms with E-state index in [4.69, 9.17) is 5.73 Å². The molecule has 2 N–H and O–H groups in total. The Kier molecular flexibility index (Phi) is 3.16. The Labute approximate surface area is 98.8 Å². The summed E-state index contributed by atoms with van der Waals surface area (Å²) in [4.78, 5) is 10.3. The summed E-state index contributed by atoms with van der Waals surface area (Å²) in [6.07, 6.45) is 0. The van der Waals surface area contributed by atoms with Crippen LogP contribution in [0.3, 0.4) is 0 Å². The van der Waals surface area contributed by atoms with E-state index >= 15 is 0 Å². The zero-order valence-corrected chi connectivity index (χ0v) is 9.17. The third-order valence-electron chi connectivity index (χ3n) is 2.58. The highest BCUT2D eigenvalue weighted by atomic mass is 16.6. The maximum absolute atomic E-state index is 10.7. The molecule has 0 aromatic heterocycles. The summed E-state index contributed by atoms with van der Waals surface area (Å²) in [6, 6.07) is 14.3. The number of non-ortho nitro benzene ring substituents is 1. The van der Waals surface area contributed by atoms with Gasteiger partial charge in [0.2, 0.25) is 0 Å². The zero-order chi connectivity index (χ0) is 12.3. The van der Waals surface area contributed by atoms with Crippen LogP contribution >= 0.6 is 0 Å². The Balaban J connectivity index is 2.38. The van der Waals surface area contributed by atoms with Gasteiger partial charge in [0.25, 0.3) is 5.69 Å². The fourth-order valence-corrected chi connectivity index (χ4v) is 1.63. The van der Waals surface area contributed by atoms with E-state index in [9.17, 15) is 10.1 Å². The van der Waals surface area contributed by atoms with Crippen LogP contribution in [0.15, 0.2) is 48.5 Å². The van der Waals surface area contributed by atoms with E-state index in [0.717, 1.165) is 16.7 Å². The molecule has 0 heterocycles. The first kappa shape index (κ1) is 11.3. The van der Waals surface area contributed by atoms with E-state index in [2.05, 4.69) is 0 Å². The third kappa shape index (κ3) is 2.49. The molecule has 2 aromatic carbocycles. The fraction of sp³-hybridized carbons (Fsp3) is 0.0769. The van der Waals surface area contributed by atoms with Gasteiger partial charge in [-0.1, -0.05) is 36.4 Å². The monoisotopic (exact) mass is 228 g/mol. The van der Waals surface area contributed by atoms with E-state index in [1.807, 2.05) is 30.3 Å². The molecule has 0 bridgehead atoms. The number of hydrogen-bond acceptors (Lipinski definition) is 3. The molecule has 0 fully saturated rings. The minimum atomic E-state index is -0.391. The summed E-state index contributed by atoms with van der Waals surface area (Å²) in [5.41, 5.74) is 8.44. The van der Waals surface area contributed by atoms with E-state index in [1.54, 1.807) is 12.1 Å². The second kappa shape index (κ2) is 4.76. The molecule has 4 nitrogen and oxygen atoms in total. The van der Waals surface area contributed by atoms with Gasteiger partial charge in [-0.2, -0.15) is 0 Å². The Bertz CT molecular complexity index is 535. The van der Waals surface area contributed by atoms with Gasteiger partial charge in [0.1, 0.15) is 0 Å². The van der Waals surface area contributed by atoms with Crippen LogP contribution in [0, 0.1) is 10.1 Å². The summed E-state index contributed by atoms with van der Waals surface area (Å²) in [6.45, 7) is 0.495. The van der Waals surface area contributed by atoms with E-state index in [0.29, 0.717) is 6.54 Å². The highest BCUT2D eigenvalue weighted by Crippen LogP contribution is 2.23. The molecule has 0 spiro atoms. The van der Waals surface area contributed by atoms with Crippen LogP contribution in [0.1, 0.15) is 5.56 Å². The minimum Gasteiger partial charge on any atom is -0.326 e. The van der Waals surface area contributed by atoms with Crippen molar-refractivity contribution in [1.82, 2.24) is 0 Å². The maximum atomic E-state index is 10.7. The molecule has 2 aromatic rings.